The summed E-state index contributed by atoms with van der Waals surface area (Å²) < 4.78 is 37.5. The number of carbonyl (C=O) groups is 1. The first-order chi connectivity index (χ1) is 9.91. The van der Waals surface area contributed by atoms with Gasteiger partial charge in [0.05, 0.1) is 12.1 Å². The second kappa shape index (κ2) is 6.34. The maximum atomic E-state index is 12.5. The molecule has 1 aliphatic heterocycles. The molecule has 0 aromatic heterocycles. The third kappa shape index (κ3) is 3.87. The van der Waals surface area contributed by atoms with E-state index in [4.69, 9.17) is 0 Å². The molecule has 0 bridgehead atoms. The van der Waals surface area contributed by atoms with Crippen molar-refractivity contribution < 1.29 is 18.0 Å². The molecule has 4 nitrogen and oxygen atoms in total. The number of nitrogens with one attached hydrogen (secondary N) is 1. The molecule has 0 aliphatic carbocycles. The Morgan fingerprint density at radius 1 is 1.14 bits per heavy atom. The van der Waals surface area contributed by atoms with Crippen molar-refractivity contribution in [1.29, 1.82) is 0 Å². The monoisotopic (exact) mass is 301 g/mol. The zero-order chi connectivity index (χ0) is 15.5. The van der Waals surface area contributed by atoms with Crippen molar-refractivity contribution >= 4 is 11.6 Å². The zero-order valence-corrected chi connectivity index (χ0v) is 11.8. The summed E-state index contributed by atoms with van der Waals surface area (Å²) in [5.41, 5.74) is 0.109. The highest BCUT2D eigenvalue weighted by Gasteiger charge is 2.30. The Balaban J connectivity index is 1.95. The topological polar surface area (TPSA) is 35.6 Å². The normalized spacial score (nSPS) is 16.2. The van der Waals surface area contributed by atoms with Crippen molar-refractivity contribution in [2.75, 3.05) is 44.7 Å². The van der Waals surface area contributed by atoms with Crippen molar-refractivity contribution in [3.05, 3.63) is 29.8 Å². The van der Waals surface area contributed by atoms with E-state index in [0.717, 1.165) is 17.8 Å². The minimum atomic E-state index is -4.31. The minimum Gasteiger partial charge on any atom is -0.368 e. The van der Waals surface area contributed by atoms with Gasteiger partial charge in [-0.2, -0.15) is 13.2 Å². The fraction of sp³-hybridized carbons (Fsp3) is 0.500. The molecule has 1 aromatic carbocycles. The van der Waals surface area contributed by atoms with Crippen LogP contribution in [-0.2, 0) is 11.0 Å². The number of amides is 1. The number of hydrogen-bond donors (Lipinski definition) is 1. The van der Waals surface area contributed by atoms with Crippen LogP contribution < -0.4 is 10.2 Å². The Morgan fingerprint density at radius 2 is 1.71 bits per heavy atom. The number of piperazine rings is 1. The molecule has 1 heterocycles. The molecule has 0 radical (unpaired) electrons. The van der Waals surface area contributed by atoms with Gasteiger partial charge in [-0.15, -0.1) is 0 Å². The van der Waals surface area contributed by atoms with Crippen LogP contribution in [0.15, 0.2) is 24.3 Å². The first-order valence-corrected chi connectivity index (χ1v) is 6.76. The molecule has 1 aliphatic rings. The Morgan fingerprint density at radius 3 is 2.19 bits per heavy atom. The summed E-state index contributed by atoms with van der Waals surface area (Å²) in [7, 11) is 1.72. The number of rotatable bonds is 3. The summed E-state index contributed by atoms with van der Waals surface area (Å²) in [6.07, 6.45) is -4.31. The van der Waals surface area contributed by atoms with Crippen LogP contribution in [0.25, 0.3) is 0 Å². The van der Waals surface area contributed by atoms with Crippen molar-refractivity contribution in [3.8, 4) is 0 Å². The van der Waals surface area contributed by atoms with Crippen LogP contribution in [0.3, 0.4) is 0 Å². The summed E-state index contributed by atoms with van der Waals surface area (Å²) in [6.45, 7) is 2.73. The molecule has 2 rings (SSSR count). The summed E-state index contributed by atoms with van der Waals surface area (Å²) >= 11 is 0. The van der Waals surface area contributed by atoms with E-state index in [9.17, 15) is 18.0 Å². The van der Waals surface area contributed by atoms with E-state index in [2.05, 4.69) is 5.32 Å². The number of alkyl halides is 3. The fourth-order valence-corrected chi connectivity index (χ4v) is 2.34. The van der Waals surface area contributed by atoms with E-state index in [-0.39, 0.29) is 5.91 Å². The van der Waals surface area contributed by atoms with Crippen molar-refractivity contribution in [2.24, 2.45) is 0 Å². The van der Waals surface area contributed by atoms with Gasteiger partial charge < -0.3 is 15.1 Å². The van der Waals surface area contributed by atoms with Crippen LogP contribution in [0.1, 0.15) is 5.56 Å². The molecule has 1 amide bonds. The molecule has 1 saturated heterocycles. The van der Waals surface area contributed by atoms with E-state index in [0.29, 0.717) is 32.7 Å². The SMILES string of the molecule is CNCC(=O)N1CCN(c2ccc(C(F)(F)F)cc2)CC1. The lowest BCUT2D eigenvalue weighted by atomic mass is 10.1. The van der Waals surface area contributed by atoms with Gasteiger partial charge in [0.15, 0.2) is 0 Å². The third-order valence-corrected chi connectivity index (χ3v) is 3.52. The molecule has 0 unspecified atom stereocenters. The van der Waals surface area contributed by atoms with Gasteiger partial charge in [0.25, 0.3) is 0 Å². The number of likely N-dealkylation sites (N-methyl/N-ethyl adjacent to an activating group) is 1. The highest BCUT2D eigenvalue weighted by atomic mass is 19.4. The summed E-state index contributed by atoms with van der Waals surface area (Å²) in [4.78, 5) is 15.5. The molecule has 116 valence electrons. The number of anilines is 1. The summed E-state index contributed by atoms with van der Waals surface area (Å²) in [5.74, 6) is 0.0459. The maximum Gasteiger partial charge on any atom is 0.416 e. The van der Waals surface area contributed by atoms with Gasteiger partial charge in [0.1, 0.15) is 0 Å². The second-order valence-corrected chi connectivity index (χ2v) is 4.94. The zero-order valence-electron chi connectivity index (χ0n) is 11.8. The first-order valence-electron chi connectivity index (χ1n) is 6.76. The van der Waals surface area contributed by atoms with Crippen molar-refractivity contribution in [3.63, 3.8) is 0 Å². The average molecular weight is 301 g/mol. The van der Waals surface area contributed by atoms with E-state index in [1.807, 2.05) is 4.90 Å². The predicted molar refractivity (Wildman–Crippen MR) is 74.2 cm³/mol. The molecule has 1 fully saturated rings. The highest BCUT2D eigenvalue weighted by Crippen LogP contribution is 2.30. The average Bonchev–Trinajstić information content (AvgIpc) is 2.47. The first kappa shape index (κ1) is 15.6. The van der Waals surface area contributed by atoms with Crippen molar-refractivity contribution in [2.45, 2.75) is 6.18 Å². The Labute approximate surface area is 121 Å². The second-order valence-electron chi connectivity index (χ2n) is 4.94. The number of benzene rings is 1. The molecule has 1 aromatic rings. The van der Waals surface area contributed by atoms with Gasteiger partial charge in [-0.05, 0) is 31.3 Å². The molecule has 1 N–H and O–H groups in total. The standard InChI is InChI=1S/C14H18F3N3O/c1-18-10-13(21)20-8-6-19(7-9-20)12-4-2-11(3-5-12)14(15,16)17/h2-5,18H,6-10H2,1H3. The van der Waals surface area contributed by atoms with Crippen LogP contribution in [-0.4, -0.2) is 50.6 Å². The highest BCUT2D eigenvalue weighted by molar-refractivity contribution is 5.78. The molecule has 7 heteroatoms. The van der Waals surface area contributed by atoms with E-state index >= 15 is 0 Å². The molecule has 0 atom stereocenters. The van der Waals surface area contributed by atoms with Gasteiger partial charge >= 0.3 is 6.18 Å². The number of carbonyl (C=O) groups excluding carboxylic acids is 1. The van der Waals surface area contributed by atoms with Crippen LogP contribution in [0, 0.1) is 0 Å². The van der Waals surface area contributed by atoms with Gasteiger partial charge in [0.2, 0.25) is 5.91 Å². The number of nitrogens with zero attached hydrogens (tertiary/aromatic N) is 2. The van der Waals surface area contributed by atoms with E-state index in [1.54, 1.807) is 11.9 Å². The van der Waals surface area contributed by atoms with Crippen LogP contribution in [0.4, 0.5) is 18.9 Å². The molecular weight excluding hydrogens is 283 g/mol. The lowest BCUT2D eigenvalue weighted by molar-refractivity contribution is -0.137. The molecular formula is C14H18F3N3O. The smallest absolute Gasteiger partial charge is 0.368 e. The molecule has 0 saturated carbocycles. The summed E-state index contributed by atoms with van der Waals surface area (Å²) in [6, 6.07) is 5.14. The largest absolute Gasteiger partial charge is 0.416 e. The lowest BCUT2D eigenvalue weighted by Crippen LogP contribution is -2.50. The van der Waals surface area contributed by atoms with E-state index in [1.165, 1.54) is 12.1 Å². The van der Waals surface area contributed by atoms with Gasteiger partial charge in [-0.3, -0.25) is 4.79 Å². The number of halogens is 3. The third-order valence-electron chi connectivity index (χ3n) is 3.52. The van der Waals surface area contributed by atoms with Gasteiger partial charge in [0, 0.05) is 31.9 Å². The van der Waals surface area contributed by atoms with Crippen LogP contribution in [0.5, 0.6) is 0 Å². The van der Waals surface area contributed by atoms with Gasteiger partial charge in [-0.1, -0.05) is 0 Å². The predicted octanol–water partition coefficient (Wildman–Crippen LogP) is 1.57. The van der Waals surface area contributed by atoms with E-state index < -0.39 is 11.7 Å². The molecule has 21 heavy (non-hydrogen) atoms. The fourth-order valence-electron chi connectivity index (χ4n) is 2.34. The number of hydrogen-bond acceptors (Lipinski definition) is 3. The van der Waals surface area contributed by atoms with Crippen molar-refractivity contribution in [1.82, 2.24) is 10.2 Å². The van der Waals surface area contributed by atoms with Crippen LogP contribution >= 0.6 is 0 Å². The lowest BCUT2D eigenvalue weighted by Gasteiger charge is -2.36. The Bertz CT molecular complexity index is 479. The molecule has 0 spiro atoms. The van der Waals surface area contributed by atoms with Crippen LogP contribution in [0.2, 0.25) is 0 Å². The van der Waals surface area contributed by atoms with Gasteiger partial charge in [-0.25, -0.2) is 0 Å². The Hall–Kier alpha value is -1.76. The maximum absolute atomic E-state index is 12.5. The minimum absolute atomic E-state index is 0.0459. The quantitative estimate of drug-likeness (QED) is 0.920. The summed E-state index contributed by atoms with van der Waals surface area (Å²) in [5, 5.41) is 2.82. The Kier molecular flexibility index (Phi) is 4.72.